The van der Waals surface area contributed by atoms with Crippen LogP contribution in [0.2, 0.25) is 0 Å². The van der Waals surface area contributed by atoms with E-state index in [4.69, 9.17) is 15.1 Å². The Kier molecular flexibility index (Phi) is 9.13. The maximum Gasteiger partial charge on any atom is 0.135 e. The lowest BCUT2D eigenvalue weighted by molar-refractivity contribution is 0.399. The van der Waals surface area contributed by atoms with Crippen molar-refractivity contribution in [2.24, 2.45) is 0 Å². The van der Waals surface area contributed by atoms with Crippen LogP contribution < -0.4 is 5.32 Å². The second-order valence-corrected chi connectivity index (χ2v) is 6.66. The Labute approximate surface area is 169 Å². The summed E-state index contributed by atoms with van der Waals surface area (Å²) in [6, 6.07) is 6.49. The van der Waals surface area contributed by atoms with Crippen LogP contribution in [0, 0.1) is 13.8 Å². The van der Waals surface area contributed by atoms with Gasteiger partial charge in [-0.3, -0.25) is 0 Å². The van der Waals surface area contributed by atoms with Gasteiger partial charge in [-0.25, -0.2) is 9.97 Å². The van der Waals surface area contributed by atoms with Gasteiger partial charge in [-0.2, -0.15) is 0 Å². The fourth-order valence-corrected chi connectivity index (χ4v) is 3.18. The van der Waals surface area contributed by atoms with Gasteiger partial charge in [0.1, 0.15) is 5.82 Å². The van der Waals surface area contributed by atoms with Crippen molar-refractivity contribution in [3.63, 3.8) is 0 Å². The first-order valence-corrected chi connectivity index (χ1v) is 10.1. The number of aryl methyl sites for hydroxylation is 3. The fourth-order valence-electron chi connectivity index (χ4n) is 3.18. The molecule has 0 radical (unpaired) electrons. The minimum absolute atomic E-state index is 0.406. The number of hydrogen-bond donors (Lipinski definition) is 2. The maximum absolute atomic E-state index is 7.00. The third kappa shape index (κ3) is 4.71. The van der Waals surface area contributed by atoms with Gasteiger partial charge in [-0.1, -0.05) is 27.7 Å². The normalized spacial score (nSPS) is 10.2. The van der Waals surface area contributed by atoms with Gasteiger partial charge >= 0.3 is 0 Å². The van der Waals surface area contributed by atoms with E-state index in [1.54, 1.807) is 0 Å². The third-order valence-electron chi connectivity index (χ3n) is 4.57. The molecule has 0 atom stereocenters. The average molecular weight is 385 g/mol. The molecule has 2 N–H and O–H groups in total. The molecule has 5 nitrogen and oxygen atoms in total. The highest BCUT2D eigenvalue weighted by Gasteiger charge is 2.15. The molecule has 0 unspecified atom stereocenters. The first kappa shape index (κ1) is 23.6. The molecule has 3 heterocycles. The first-order chi connectivity index (χ1) is 13.5. The molecule has 0 aliphatic carbocycles. The van der Waals surface area contributed by atoms with Crippen LogP contribution in [0.5, 0.6) is 0 Å². The third-order valence-corrected chi connectivity index (χ3v) is 4.57. The number of aliphatic hydroxyl groups is 1. The van der Waals surface area contributed by atoms with Crippen molar-refractivity contribution in [3.05, 3.63) is 41.2 Å². The van der Waals surface area contributed by atoms with E-state index < -0.39 is 0 Å². The predicted molar refractivity (Wildman–Crippen MR) is 121 cm³/mol. The summed E-state index contributed by atoms with van der Waals surface area (Å²) in [5.74, 6) is 1.30. The van der Waals surface area contributed by atoms with E-state index in [-0.39, 0.29) is 0 Å². The van der Waals surface area contributed by atoms with Crippen LogP contribution >= 0.6 is 0 Å². The summed E-state index contributed by atoms with van der Waals surface area (Å²) in [7, 11) is 2.92. The van der Waals surface area contributed by atoms with Crippen molar-refractivity contribution in [2.45, 2.75) is 60.9 Å². The first-order valence-electron chi connectivity index (χ1n) is 10.1. The molecule has 28 heavy (non-hydrogen) atoms. The molecule has 3 rings (SSSR count). The minimum Gasteiger partial charge on any atom is -0.400 e. The van der Waals surface area contributed by atoms with Crippen molar-refractivity contribution < 1.29 is 5.11 Å². The lowest BCUT2D eigenvalue weighted by Gasteiger charge is -2.14. The Morgan fingerprint density at radius 3 is 2.25 bits per heavy atom. The lowest BCUT2D eigenvalue weighted by atomic mass is 10.0. The van der Waals surface area contributed by atoms with Gasteiger partial charge in [0.05, 0.1) is 16.7 Å². The van der Waals surface area contributed by atoms with Crippen LogP contribution in [0.4, 0.5) is 5.82 Å². The van der Waals surface area contributed by atoms with Crippen molar-refractivity contribution in [1.82, 2.24) is 14.5 Å². The molecule has 0 saturated heterocycles. The SMILES string of the molecule is CC.CCn1cc(C)c2nc(-c3ccc(C(C)C)nc3NC)c(C)cc21.CO. The smallest absolute Gasteiger partial charge is 0.135 e. The summed E-state index contributed by atoms with van der Waals surface area (Å²) in [4.78, 5) is 9.77. The van der Waals surface area contributed by atoms with Crippen molar-refractivity contribution in [3.8, 4) is 11.3 Å². The number of nitrogens with one attached hydrogen (secondary N) is 1. The Balaban J connectivity index is 0.000000921. The number of pyridine rings is 2. The zero-order valence-electron chi connectivity index (χ0n) is 18.9. The summed E-state index contributed by atoms with van der Waals surface area (Å²) in [6.07, 6.45) is 2.18. The molecule has 154 valence electrons. The number of aliphatic hydroxyl groups excluding tert-OH is 1. The summed E-state index contributed by atoms with van der Waals surface area (Å²) < 4.78 is 2.26. The molecule has 0 amide bonds. The van der Waals surface area contributed by atoms with E-state index in [0.29, 0.717) is 5.92 Å². The van der Waals surface area contributed by atoms with Gasteiger partial charge in [-0.15, -0.1) is 0 Å². The van der Waals surface area contributed by atoms with Crippen molar-refractivity contribution in [1.29, 1.82) is 0 Å². The van der Waals surface area contributed by atoms with E-state index in [9.17, 15) is 0 Å². The second-order valence-electron chi connectivity index (χ2n) is 6.66. The Morgan fingerprint density at radius 1 is 1.07 bits per heavy atom. The number of rotatable bonds is 4. The zero-order valence-corrected chi connectivity index (χ0v) is 18.9. The van der Waals surface area contributed by atoms with Crippen LogP contribution in [0.15, 0.2) is 24.4 Å². The number of anilines is 1. The van der Waals surface area contributed by atoms with Crippen LogP contribution in [0.3, 0.4) is 0 Å². The standard InChI is InChI=1S/C20H26N4.C2H6.CH4O/c1-7-24-11-14(5)19-17(24)10-13(4)18(23-19)15-8-9-16(12(2)3)22-20(15)21-6;2*1-2/h8-12H,7H2,1-6H3,(H,21,22);1-2H3;2H,1H3. The highest BCUT2D eigenvalue weighted by atomic mass is 16.2. The van der Waals surface area contributed by atoms with E-state index >= 15 is 0 Å². The number of nitrogens with zero attached hydrogens (tertiary/aromatic N) is 3. The molecule has 0 aliphatic rings. The Morgan fingerprint density at radius 2 is 1.71 bits per heavy atom. The maximum atomic E-state index is 7.00. The Bertz CT molecular complexity index is 897. The summed E-state index contributed by atoms with van der Waals surface area (Å²) in [6.45, 7) is 15.7. The van der Waals surface area contributed by atoms with Gasteiger partial charge in [0.25, 0.3) is 0 Å². The molecule has 0 saturated carbocycles. The number of fused-ring (bicyclic) bond motifs is 1. The fraction of sp³-hybridized carbons (Fsp3) is 0.478. The highest BCUT2D eigenvalue weighted by Crippen LogP contribution is 2.32. The molecule has 5 heteroatoms. The second kappa shape index (κ2) is 10.8. The van der Waals surface area contributed by atoms with E-state index in [0.717, 1.165) is 41.9 Å². The van der Waals surface area contributed by atoms with Gasteiger partial charge in [0, 0.05) is 38.2 Å². The lowest BCUT2D eigenvalue weighted by Crippen LogP contribution is -2.02. The minimum atomic E-state index is 0.406. The molecule has 3 aromatic rings. The van der Waals surface area contributed by atoms with Crippen molar-refractivity contribution >= 4 is 16.9 Å². The molecule has 3 aromatic heterocycles. The quantitative estimate of drug-likeness (QED) is 0.620. The topological polar surface area (TPSA) is 63.0 Å². The monoisotopic (exact) mass is 384 g/mol. The van der Waals surface area contributed by atoms with Crippen LogP contribution in [-0.4, -0.2) is 33.8 Å². The summed E-state index contributed by atoms with van der Waals surface area (Å²) in [5, 5.41) is 10.2. The average Bonchev–Trinajstić information content (AvgIpc) is 3.04. The van der Waals surface area contributed by atoms with Crippen LogP contribution in [-0.2, 0) is 6.54 Å². The largest absolute Gasteiger partial charge is 0.400 e. The van der Waals surface area contributed by atoms with Gasteiger partial charge < -0.3 is 15.0 Å². The predicted octanol–water partition coefficient (Wildman–Crippen LogP) is 5.53. The van der Waals surface area contributed by atoms with E-state index in [2.05, 4.69) is 68.9 Å². The van der Waals surface area contributed by atoms with Gasteiger partial charge in [-0.05, 0) is 56.0 Å². The van der Waals surface area contributed by atoms with Gasteiger partial charge in [0.2, 0.25) is 0 Å². The molecule has 0 fully saturated rings. The van der Waals surface area contributed by atoms with Crippen LogP contribution in [0.1, 0.15) is 57.4 Å². The summed E-state index contributed by atoms with van der Waals surface area (Å²) >= 11 is 0. The van der Waals surface area contributed by atoms with Crippen LogP contribution in [0.25, 0.3) is 22.3 Å². The molecule has 0 aliphatic heterocycles. The Hall–Kier alpha value is -2.40. The van der Waals surface area contributed by atoms with Crippen molar-refractivity contribution in [2.75, 3.05) is 19.5 Å². The molecule has 0 bridgehead atoms. The summed E-state index contributed by atoms with van der Waals surface area (Å²) in [5.41, 5.74) is 7.82. The molecule has 0 aromatic carbocycles. The van der Waals surface area contributed by atoms with E-state index in [1.807, 2.05) is 20.9 Å². The zero-order chi connectivity index (χ0) is 21.4. The molecule has 0 spiro atoms. The molecular formula is C23H36N4O. The molecular weight excluding hydrogens is 348 g/mol. The highest BCUT2D eigenvalue weighted by molar-refractivity contribution is 5.86. The number of aromatic nitrogens is 3. The van der Waals surface area contributed by atoms with E-state index in [1.165, 1.54) is 16.6 Å². The number of hydrogen-bond acceptors (Lipinski definition) is 4. The van der Waals surface area contributed by atoms with Gasteiger partial charge in [0.15, 0.2) is 0 Å².